The summed E-state index contributed by atoms with van der Waals surface area (Å²) < 4.78 is 60.7. The number of piperidine rings is 1. The Balaban J connectivity index is 1.98. The quantitative estimate of drug-likeness (QED) is 0.608. The lowest BCUT2D eigenvalue weighted by Crippen LogP contribution is -2.45. The zero-order chi connectivity index (χ0) is 19.5. The molecule has 1 aliphatic rings. The molecule has 1 fully saturated rings. The topological polar surface area (TPSA) is 116 Å². The standard InChI is InChI=1S/C14H15F3N4O4S/c15-14(16,17)26(24,25)20-5-3-10(4-6-20)9-19-12-2-1-11(8-18)7-13(12)21(22)23/h1-2,7,10,19H,3-6,9H2. The van der Waals surface area contributed by atoms with E-state index in [-0.39, 0.29) is 55.3 Å². The number of hydrogen-bond acceptors (Lipinski definition) is 6. The van der Waals surface area contributed by atoms with Crippen LogP contribution in [0.15, 0.2) is 18.2 Å². The number of nitrogens with zero attached hydrogens (tertiary/aromatic N) is 3. The van der Waals surface area contributed by atoms with E-state index in [1.54, 1.807) is 6.07 Å². The van der Waals surface area contributed by atoms with Gasteiger partial charge in [-0.15, -0.1) is 0 Å². The first kappa shape index (κ1) is 19.9. The van der Waals surface area contributed by atoms with E-state index in [1.807, 2.05) is 0 Å². The van der Waals surface area contributed by atoms with Crippen molar-refractivity contribution in [1.82, 2.24) is 4.31 Å². The Labute approximate surface area is 147 Å². The highest BCUT2D eigenvalue weighted by Gasteiger charge is 2.50. The summed E-state index contributed by atoms with van der Waals surface area (Å²) in [6.45, 7) is -0.278. The van der Waals surface area contributed by atoms with Gasteiger partial charge in [-0.05, 0) is 30.9 Å². The lowest BCUT2D eigenvalue weighted by atomic mass is 9.98. The summed E-state index contributed by atoms with van der Waals surface area (Å²) in [4.78, 5) is 10.4. The van der Waals surface area contributed by atoms with Crippen molar-refractivity contribution in [2.75, 3.05) is 25.0 Å². The van der Waals surface area contributed by atoms with Crippen LogP contribution in [0, 0.1) is 27.4 Å². The van der Waals surface area contributed by atoms with Gasteiger partial charge >= 0.3 is 15.5 Å². The minimum absolute atomic E-state index is 0.132. The average Bonchev–Trinajstić information content (AvgIpc) is 2.59. The zero-order valence-electron chi connectivity index (χ0n) is 13.4. The van der Waals surface area contributed by atoms with Crippen LogP contribution in [0.25, 0.3) is 0 Å². The highest BCUT2D eigenvalue weighted by molar-refractivity contribution is 7.90. The summed E-state index contributed by atoms with van der Waals surface area (Å²) in [5.74, 6) is -0.134. The zero-order valence-corrected chi connectivity index (χ0v) is 14.2. The summed E-state index contributed by atoms with van der Waals surface area (Å²) in [6.07, 6.45) is 0.402. The van der Waals surface area contributed by atoms with Crippen molar-refractivity contribution in [3.8, 4) is 6.07 Å². The second-order valence-corrected chi connectivity index (χ2v) is 7.70. The van der Waals surface area contributed by atoms with Crippen LogP contribution in [0.1, 0.15) is 18.4 Å². The Kier molecular flexibility index (Phi) is 5.72. The second-order valence-electron chi connectivity index (χ2n) is 5.77. The number of nitro groups is 1. The molecule has 0 unspecified atom stereocenters. The number of alkyl halides is 3. The van der Waals surface area contributed by atoms with Gasteiger partial charge in [0.1, 0.15) is 5.69 Å². The summed E-state index contributed by atoms with van der Waals surface area (Å²) >= 11 is 0. The maximum absolute atomic E-state index is 12.5. The van der Waals surface area contributed by atoms with Gasteiger partial charge in [-0.1, -0.05) is 0 Å². The van der Waals surface area contributed by atoms with Crippen molar-refractivity contribution < 1.29 is 26.5 Å². The highest BCUT2D eigenvalue weighted by atomic mass is 32.2. The summed E-state index contributed by atoms with van der Waals surface area (Å²) in [5, 5.41) is 22.7. The van der Waals surface area contributed by atoms with Gasteiger partial charge in [0.15, 0.2) is 0 Å². The van der Waals surface area contributed by atoms with E-state index in [0.717, 1.165) is 6.07 Å². The molecule has 26 heavy (non-hydrogen) atoms. The molecule has 1 aromatic carbocycles. The van der Waals surface area contributed by atoms with Crippen LogP contribution < -0.4 is 5.32 Å². The van der Waals surface area contributed by atoms with E-state index < -0.39 is 20.5 Å². The van der Waals surface area contributed by atoms with Crippen LogP contribution in [-0.2, 0) is 10.0 Å². The van der Waals surface area contributed by atoms with Gasteiger partial charge in [0.25, 0.3) is 5.69 Å². The van der Waals surface area contributed by atoms with E-state index in [1.165, 1.54) is 12.1 Å². The van der Waals surface area contributed by atoms with E-state index >= 15 is 0 Å². The van der Waals surface area contributed by atoms with E-state index in [2.05, 4.69) is 5.32 Å². The number of halogens is 3. The van der Waals surface area contributed by atoms with Gasteiger partial charge < -0.3 is 5.32 Å². The molecule has 142 valence electrons. The van der Waals surface area contributed by atoms with Gasteiger partial charge in [0.2, 0.25) is 0 Å². The molecule has 0 saturated carbocycles. The second kappa shape index (κ2) is 7.46. The first-order valence-corrected chi connectivity index (χ1v) is 8.99. The molecule has 1 aromatic rings. The van der Waals surface area contributed by atoms with Gasteiger partial charge in [-0.3, -0.25) is 10.1 Å². The Bertz CT molecular complexity index is 828. The number of nitro benzene ring substituents is 1. The molecule has 0 aliphatic carbocycles. The van der Waals surface area contributed by atoms with Gasteiger partial charge in [-0.25, -0.2) is 8.42 Å². The van der Waals surface area contributed by atoms with Crippen LogP contribution in [0.2, 0.25) is 0 Å². The molecule has 0 amide bonds. The molecule has 8 nitrogen and oxygen atoms in total. The Morgan fingerprint density at radius 2 is 1.96 bits per heavy atom. The maximum Gasteiger partial charge on any atom is 0.511 e. The van der Waals surface area contributed by atoms with Crippen molar-refractivity contribution in [2.45, 2.75) is 18.3 Å². The monoisotopic (exact) mass is 392 g/mol. The largest absolute Gasteiger partial charge is 0.511 e. The van der Waals surface area contributed by atoms with Gasteiger partial charge in [0, 0.05) is 25.7 Å². The molecule has 12 heteroatoms. The number of benzene rings is 1. The van der Waals surface area contributed by atoms with Gasteiger partial charge in [-0.2, -0.15) is 22.7 Å². The fraction of sp³-hybridized carbons (Fsp3) is 0.500. The summed E-state index contributed by atoms with van der Waals surface area (Å²) in [5.41, 5.74) is -5.27. The number of anilines is 1. The molecule has 1 saturated heterocycles. The first-order chi connectivity index (χ1) is 12.1. The maximum atomic E-state index is 12.5. The molecule has 1 heterocycles. The average molecular weight is 392 g/mol. The lowest BCUT2D eigenvalue weighted by molar-refractivity contribution is -0.384. The van der Waals surface area contributed by atoms with Crippen LogP contribution in [0.5, 0.6) is 0 Å². The molecular formula is C14H15F3N4O4S. The van der Waals surface area contributed by atoms with E-state index in [9.17, 15) is 31.7 Å². The van der Waals surface area contributed by atoms with Crippen molar-refractivity contribution >= 4 is 21.4 Å². The number of sulfonamides is 1. The first-order valence-electron chi connectivity index (χ1n) is 7.55. The third-order valence-corrected chi connectivity index (χ3v) is 5.74. The van der Waals surface area contributed by atoms with E-state index in [0.29, 0.717) is 4.31 Å². The number of rotatable bonds is 5. The molecule has 0 spiro atoms. The minimum Gasteiger partial charge on any atom is -0.379 e. The van der Waals surface area contributed by atoms with Crippen molar-refractivity contribution in [3.05, 3.63) is 33.9 Å². The molecular weight excluding hydrogens is 377 g/mol. The summed E-state index contributed by atoms with van der Waals surface area (Å²) in [6, 6.07) is 5.72. The SMILES string of the molecule is N#Cc1ccc(NCC2CCN(S(=O)(=O)C(F)(F)F)CC2)c([N+](=O)[O-])c1. The van der Waals surface area contributed by atoms with Gasteiger partial charge in [0.05, 0.1) is 16.6 Å². The molecule has 0 atom stereocenters. The Hall–Kier alpha value is -2.39. The summed E-state index contributed by atoms with van der Waals surface area (Å²) in [7, 11) is -5.32. The Morgan fingerprint density at radius 3 is 2.46 bits per heavy atom. The third kappa shape index (κ3) is 4.23. The Morgan fingerprint density at radius 1 is 1.35 bits per heavy atom. The molecule has 2 rings (SSSR count). The number of nitrogens with one attached hydrogen (secondary N) is 1. The predicted octanol–water partition coefficient (Wildman–Crippen LogP) is 2.44. The minimum atomic E-state index is -5.32. The normalized spacial score (nSPS) is 16.8. The molecule has 1 N–H and O–H groups in total. The third-order valence-electron chi connectivity index (χ3n) is 4.11. The van der Waals surface area contributed by atoms with Crippen molar-refractivity contribution in [3.63, 3.8) is 0 Å². The van der Waals surface area contributed by atoms with Crippen molar-refractivity contribution in [2.24, 2.45) is 5.92 Å². The predicted molar refractivity (Wildman–Crippen MR) is 85.6 cm³/mol. The fourth-order valence-electron chi connectivity index (χ4n) is 2.66. The van der Waals surface area contributed by atoms with Crippen LogP contribution in [0.4, 0.5) is 24.5 Å². The van der Waals surface area contributed by atoms with Crippen LogP contribution in [0.3, 0.4) is 0 Å². The van der Waals surface area contributed by atoms with E-state index in [4.69, 9.17) is 5.26 Å². The fourth-order valence-corrected chi connectivity index (χ4v) is 3.64. The molecule has 0 radical (unpaired) electrons. The highest BCUT2D eigenvalue weighted by Crippen LogP contribution is 2.31. The number of hydrogen-bond donors (Lipinski definition) is 1. The van der Waals surface area contributed by atoms with Crippen molar-refractivity contribution in [1.29, 1.82) is 5.26 Å². The van der Waals surface area contributed by atoms with Crippen LogP contribution >= 0.6 is 0 Å². The molecule has 1 aliphatic heterocycles. The lowest BCUT2D eigenvalue weighted by Gasteiger charge is -2.31. The van der Waals surface area contributed by atoms with Crippen LogP contribution in [-0.4, -0.2) is 42.8 Å². The molecule has 0 aromatic heterocycles. The number of nitriles is 1. The smallest absolute Gasteiger partial charge is 0.379 e. The molecule has 0 bridgehead atoms.